The Labute approximate surface area is 266 Å². The topological polar surface area (TPSA) is 38.7 Å². The summed E-state index contributed by atoms with van der Waals surface area (Å²) in [7, 11) is 0. The van der Waals surface area contributed by atoms with Gasteiger partial charge in [0.1, 0.15) is 0 Å². The molecule has 0 atom stereocenters. The maximum Gasteiger partial charge on any atom is 0.160 e. The van der Waals surface area contributed by atoms with Gasteiger partial charge in [0.05, 0.1) is 22.4 Å². The van der Waals surface area contributed by atoms with Crippen LogP contribution in [0.3, 0.4) is 0 Å². The van der Waals surface area contributed by atoms with Crippen LogP contribution in [-0.4, -0.2) is 15.0 Å². The van der Waals surface area contributed by atoms with Gasteiger partial charge in [-0.25, -0.2) is 15.0 Å². The van der Waals surface area contributed by atoms with Crippen LogP contribution < -0.4 is 0 Å². The van der Waals surface area contributed by atoms with Gasteiger partial charge >= 0.3 is 0 Å². The lowest BCUT2D eigenvalue weighted by Gasteiger charge is -2.13. The maximum absolute atomic E-state index is 5.07. The van der Waals surface area contributed by atoms with E-state index in [9.17, 15) is 0 Å². The molecule has 9 aromatic rings. The highest BCUT2D eigenvalue weighted by Gasteiger charge is 2.14. The summed E-state index contributed by atoms with van der Waals surface area (Å²) in [6.07, 6.45) is 0. The van der Waals surface area contributed by atoms with Gasteiger partial charge in [-0.3, -0.25) is 0 Å². The number of benzene rings is 7. The molecule has 0 saturated carbocycles. The summed E-state index contributed by atoms with van der Waals surface area (Å²) in [4.78, 5) is 15.1. The van der Waals surface area contributed by atoms with Crippen LogP contribution in [0.1, 0.15) is 0 Å². The Hall–Kier alpha value is -6.19. The van der Waals surface area contributed by atoms with Gasteiger partial charge in [0, 0.05) is 32.8 Å². The number of aromatic nitrogens is 3. The highest BCUT2D eigenvalue weighted by Crippen LogP contribution is 2.37. The molecule has 3 heteroatoms. The largest absolute Gasteiger partial charge is 0.247 e. The van der Waals surface area contributed by atoms with Crippen molar-refractivity contribution in [3.8, 4) is 45.0 Å². The van der Waals surface area contributed by atoms with Crippen molar-refractivity contribution in [1.29, 1.82) is 0 Å². The van der Waals surface area contributed by atoms with Crippen LogP contribution in [0, 0.1) is 0 Å². The van der Waals surface area contributed by atoms with Crippen molar-refractivity contribution in [3.63, 3.8) is 0 Å². The normalized spacial score (nSPS) is 11.5. The van der Waals surface area contributed by atoms with E-state index >= 15 is 0 Å². The Morgan fingerprint density at radius 1 is 0.326 bits per heavy atom. The number of rotatable bonds is 4. The molecule has 7 aromatic carbocycles. The Kier molecular flexibility index (Phi) is 6.14. The summed E-state index contributed by atoms with van der Waals surface area (Å²) in [6.45, 7) is 0. The van der Waals surface area contributed by atoms with E-state index in [0.29, 0.717) is 5.82 Å². The van der Waals surface area contributed by atoms with Crippen molar-refractivity contribution in [2.24, 2.45) is 0 Å². The standard InChI is InChI=1S/C43H27N3/c1-3-11-28(12-4-1)40-27-41(29-13-5-2-6-14-29)46-43(45-40)34-22-20-30-23-32(21-19-31(30)24-34)38-26-35-25-33-15-7-10-18-39(33)44-42(35)37-17-9-8-16-36(37)38/h1-27H. The number of hydrogen-bond acceptors (Lipinski definition) is 3. The summed E-state index contributed by atoms with van der Waals surface area (Å²) in [5, 5.41) is 6.98. The third-order valence-electron chi connectivity index (χ3n) is 8.80. The highest BCUT2D eigenvalue weighted by molar-refractivity contribution is 6.14. The van der Waals surface area contributed by atoms with Crippen molar-refractivity contribution in [3.05, 3.63) is 164 Å². The van der Waals surface area contributed by atoms with Crippen LogP contribution in [0.25, 0.3) is 88.4 Å². The molecule has 9 rings (SSSR count). The Morgan fingerprint density at radius 3 is 1.63 bits per heavy atom. The van der Waals surface area contributed by atoms with Gasteiger partial charge in [-0.05, 0) is 63.7 Å². The third kappa shape index (κ3) is 4.58. The molecule has 3 nitrogen and oxygen atoms in total. The fourth-order valence-electron chi connectivity index (χ4n) is 6.50. The van der Waals surface area contributed by atoms with Crippen molar-refractivity contribution < 1.29 is 0 Å². The van der Waals surface area contributed by atoms with Crippen molar-refractivity contribution in [2.45, 2.75) is 0 Å². The lowest BCUT2D eigenvalue weighted by molar-refractivity contribution is 1.18. The Bertz CT molecular complexity index is 2520. The average Bonchev–Trinajstić information content (AvgIpc) is 3.14. The molecule has 0 fully saturated rings. The summed E-state index contributed by atoms with van der Waals surface area (Å²) < 4.78 is 0. The lowest BCUT2D eigenvalue weighted by atomic mass is 9.93. The zero-order chi connectivity index (χ0) is 30.5. The SMILES string of the molecule is c1ccc(-c2cc(-c3ccccc3)nc(-c3ccc4cc(-c5cc6cc7ccccc7nc6c6ccccc56)ccc4c3)n2)cc1. The molecule has 0 N–H and O–H groups in total. The predicted octanol–water partition coefficient (Wildman–Crippen LogP) is 11.2. The molecule has 0 bridgehead atoms. The van der Waals surface area contributed by atoms with Gasteiger partial charge in [0.25, 0.3) is 0 Å². The lowest BCUT2D eigenvalue weighted by Crippen LogP contribution is -1.96. The smallest absolute Gasteiger partial charge is 0.160 e. The first-order valence-corrected chi connectivity index (χ1v) is 15.5. The van der Waals surface area contributed by atoms with Crippen molar-refractivity contribution >= 4 is 43.4 Å². The second-order valence-electron chi connectivity index (χ2n) is 11.7. The molecule has 0 aliphatic heterocycles. The first kappa shape index (κ1) is 26.2. The number of fused-ring (bicyclic) bond motifs is 5. The summed E-state index contributed by atoms with van der Waals surface area (Å²) in [5.74, 6) is 0.714. The maximum atomic E-state index is 5.07. The minimum absolute atomic E-state index is 0.714. The number of hydrogen-bond donors (Lipinski definition) is 0. The van der Waals surface area contributed by atoms with E-state index in [1.54, 1.807) is 0 Å². The van der Waals surface area contributed by atoms with E-state index in [2.05, 4.69) is 121 Å². The first-order chi connectivity index (χ1) is 22.8. The Balaban J connectivity index is 1.17. The fraction of sp³-hybridized carbons (Fsp3) is 0. The first-order valence-electron chi connectivity index (χ1n) is 15.5. The molecule has 2 aromatic heterocycles. The Morgan fingerprint density at radius 2 is 0.913 bits per heavy atom. The molecule has 0 saturated heterocycles. The van der Waals surface area contributed by atoms with Crippen LogP contribution >= 0.6 is 0 Å². The molecule has 0 amide bonds. The summed E-state index contributed by atoms with van der Waals surface area (Å²) in [6, 6.07) is 57.4. The van der Waals surface area contributed by atoms with E-state index < -0.39 is 0 Å². The fourth-order valence-corrected chi connectivity index (χ4v) is 6.50. The van der Waals surface area contributed by atoms with E-state index in [4.69, 9.17) is 15.0 Å². The summed E-state index contributed by atoms with van der Waals surface area (Å²) >= 11 is 0. The average molecular weight is 586 g/mol. The molecule has 214 valence electrons. The van der Waals surface area contributed by atoms with E-state index in [0.717, 1.165) is 55.3 Å². The molecule has 2 heterocycles. The predicted molar refractivity (Wildman–Crippen MR) is 192 cm³/mol. The van der Waals surface area contributed by atoms with E-state index in [1.807, 2.05) is 42.5 Å². The zero-order valence-corrected chi connectivity index (χ0v) is 24.9. The van der Waals surface area contributed by atoms with Gasteiger partial charge in [-0.15, -0.1) is 0 Å². The molecule has 0 radical (unpaired) electrons. The van der Waals surface area contributed by atoms with Crippen LogP contribution in [0.15, 0.2) is 164 Å². The van der Waals surface area contributed by atoms with Gasteiger partial charge in [-0.2, -0.15) is 0 Å². The minimum Gasteiger partial charge on any atom is -0.247 e. The van der Waals surface area contributed by atoms with Crippen molar-refractivity contribution in [1.82, 2.24) is 15.0 Å². The molecule has 0 aliphatic carbocycles. The van der Waals surface area contributed by atoms with Gasteiger partial charge in [0.2, 0.25) is 0 Å². The number of para-hydroxylation sites is 1. The second kappa shape index (κ2) is 10.8. The van der Waals surface area contributed by atoms with Crippen LogP contribution in [0.5, 0.6) is 0 Å². The molecular weight excluding hydrogens is 558 g/mol. The molecule has 0 spiro atoms. The number of pyridine rings is 1. The quantitative estimate of drug-likeness (QED) is 0.152. The highest BCUT2D eigenvalue weighted by atomic mass is 14.9. The van der Waals surface area contributed by atoms with Gasteiger partial charge in [-0.1, -0.05) is 127 Å². The minimum atomic E-state index is 0.714. The summed E-state index contributed by atoms with van der Waals surface area (Å²) in [5.41, 5.74) is 9.39. The van der Waals surface area contributed by atoms with Gasteiger partial charge < -0.3 is 0 Å². The van der Waals surface area contributed by atoms with E-state index in [1.165, 1.54) is 27.3 Å². The monoisotopic (exact) mass is 585 g/mol. The zero-order valence-electron chi connectivity index (χ0n) is 24.9. The third-order valence-corrected chi connectivity index (χ3v) is 8.80. The van der Waals surface area contributed by atoms with E-state index in [-0.39, 0.29) is 0 Å². The molecule has 46 heavy (non-hydrogen) atoms. The van der Waals surface area contributed by atoms with Crippen molar-refractivity contribution in [2.75, 3.05) is 0 Å². The molecular formula is C43H27N3. The molecule has 0 unspecified atom stereocenters. The second-order valence-corrected chi connectivity index (χ2v) is 11.7. The molecule has 0 aliphatic rings. The van der Waals surface area contributed by atoms with Crippen LogP contribution in [0.4, 0.5) is 0 Å². The van der Waals surface area contributed by atoms with Crippen LogP contribution in [-0.2, 0) is 0 Å². The van der Waals surface area contributed by atoms with Crippen LogP contribution in [0.2, 0.25) is 0 Å². The number of nitrogens with zero attached hydrogens (tertiary/aromatic N) is 3. The van der Waals surface area contributed by atoms with Gasteiger partial charge in [0.15, 0.2) is 5.82 Å².